The third-order valence-electron chi connectivity index (χ3n) is 3.91. The van der Waals surface area contributed by atoms with E-state index in [2.05, 4.69) is 6.07 Å². The molecule has 1 saturated heterocycles. The molecule has 0 saturated carbocycles. The van der Waals surface area contributed by atoms with E-state index < -0.39 is 5.97 Å². The number of methoxy groups -OCH3 is 1. The largest absolute Gasteiger partial charge is 0.493 e. The molecule has 1 fully saturated rings. The van der Waals surface area contributed by atoms with Crippen molar-refractivity contribution < 1.29 is 19.4 Å². The number of nitrogens with zero attached hydrogens (tertiary/aromatic N) is 1. The number of carboxylic acids is 1. The second-order valence-electron chi connectivity index (χ2n) is 5.29. The summed E-state index contributed by atoms with van der Waals surface area (Å²) in [5, 5.41) is 8.83. The summed E-state index contributed by atoms with van der Waals surface area (Å²) in [6.45, 7) is 4.35. The van der Waals surface area contributed by atoms with E-state index in [1.165, 1.54) is 5.56 Å². The Morgan fingerprint density at radius 2 is 2.05 bits per heavy atom. The maximum atomic E-state index is 10.7. The summed E-state index contributed by atoms with van der Waals surface area (Å²) >= 11 is 0. The summed E-state index contributed by atoms with van der Waals surface area (Å²) in [4.78, 5) is 12.7. The van der Waals surface area contributed by atoms with Gasteiger partial charge in [0.15, 0.2) is 11.5 Å². The molecule has 0 amide bonds. The normalized spacial score (nSPS) is 16.7. The fourth-order valence-electron chi connectivity index (χ4n) is 2.83. The lowest BCUT2D eigenvalue weighted by atomic mass is 9.89. The van der Waals surface area contributed by atoms with E-state index in [1.807, 2.05) is 24.0 Å². The van der Waals surface area contributed by atoms with Gasteiger partial charge in [-0.1, -0.05) is 6.07 Å². The Morgan fingerprint density at radius 1 is 1.33 bits per heavy atom. The lowest BCUT2D eigenvalue weighted by Gasteiger charge is -2.31. The second-order valence-corrected chi connectivity index (χ2v) is 5.29. The highest BCUT2D eigenvalue weighted by molar-refractivity contribution is 5.69. The molecule has 0 aliphatic carbocycles. The SMILES string of the molecule is CCOc1ccc(C2CCN(CC(=O)O)CC2)cc1OC. The fraction of sp³-hybridized carbons (Fsp3) is 0.562. The maximum absolute atomic E-state index is 10.7. The number of rotatable bonds is 6. The standard InChI is InChI=1S/C16H23NO4/c1-3-21-14-5-4-13(10-15(14)20-2)12-6-8-17(9-7-12)11-16(18)19/h4-5,10,12H,3,6-9,11H2,1-2H3,(H,18,19). The lowest BCUT2D eigenvalue weighted by molar-refractivity contribution is -0.138. The Bertz CT molecular complexity index is 481. The zero-order valence-electron chi connectivity index (χ0n) is 12.7. The number of carboxylic acid groups (broad SMARTS) is 1. The molecule has 0 unspecified atom stereocenters. The van der Waals surface area contributed by atoms with Gasteiger partial charge in [-0.3, -0.25) is 9.69 Å². The van der Waals surface area contributed by atoms with Crippen LogP contribution in [0.15, 0.2) is 18.2 Å². The van der Waals surface area contributed by atoms with E-state index in [0.717, 1.165) is 37.4 Å². The summed E-state index contributed by atoms with van der Waals surface area (Å²) < 4.78 is 10.9. The zero-order chi connectivity index (χ0) is 15.2. The van der Waals surface area contributed by atoms with Crippen LogP contribution in [0, 0.1) is 0 Å². The molecule has 0 atom stereocenters. The van der Waals surface area contributed by atoms with Crippen LogP contribution in [-0.4, -0.2) is 49.3 Å². The average Bonchev–Trinajstić information content (AvgIpc) is 2.48. The Morgan fingerprint density at radius 3 is 2.62 bits per heavy atom. The van der Waals surface area contributed by atoms with Crippen molar-refractivity contribution in [2.75, 3.05) is 33.4 Å². The summed E-state index contributed by atoms with van der Waals surface area (Å²) in [7, 11) is 1.65. The van der Waals surface area contributed by atoms with E-state index >= 15 is 0 Å². The maximum Gasteiger partial charge on any atom is 0.317 e. The van der Waals surface area contributed by atoms with Crippen molar-refractivity contribution in [1.29, 1.82) is 0 Å². The van der Waals surface area contributed by atoms with Gasteiger partial charge in [0.2, 0.25) is 0 Å². The number of hydrogen-bond donors (Lipinski definition) is 1. The molecule has 0 radical (unpaired) electrons. The number of carbonyl (C=O) groups is 1. The molecule has 0 spiro atoms. The number of benzene rings is 1. The monoisotopic (exact) mass is 293 g/mol. The molecule has 116 valence electrons. The van der Waals surface area contributed by atoms with E-state index in [0.29, 0.717) is 12.5 Å². The van der Waals surface area contributed by atoms with Gasteiger partial charge in [-0.2, -0.15) is 0 Å². The van der Waals surface area contributed by atoms with Crippen molar-refractivity contribution in [1.82, 2.24) is 4.90 Å². The number of likely N-dealkylation sites (tertiary alicyclic amines) is 1. The Hall–Kier alpha value is -1.75. The first-order valence-corrected chi connectivity index (χ1v) is 7.39. The lowest BCUT2D eigenvalue weighted by Crippen LogP contribution is -2.36. The van der Waals surface area contributed by atoms with E-state index in [4.69, 9.17) is 14.6 Å². The van der Waals surface area contributed by atoms with Crippen molar-refractivity contribution in [3.8, 4) is 11.5 Å². The molecule has 1 N–H and O–H groups in total. The smallest absolute Gasteiger partial charge is 0.317 e. The molecule has 5 nitrogen and oxygen atoms in total. The van der Waals surface area contributed by atoms with Crippen LogP contribution in [0.5, 0.6) is 11.5 Å². The second kappa shape index (κ2) is 7.31. The molecule has 0 aromatic heterocycles. The van der Waals surface area contributed by atoms with Gasteiger partial charge in [0, 0.05) is 0 Å². The summed E-state index contributed by atoms with van der Waals surface area (Å²) in [5.74, 6) is 1.24. The third kappa shape index (κ3) is 4.11. The van der Waals surface area contributed by atoms with E-state index in [-0.39, 0.29) is 6.54 Å². The van der Waals surface area contributed by atoms with Crippen molar-refractivity contribution in [2.24, 2.45) is 0 Å². The van der Waals surface area contributed by atoms with Gasteiger partial charge in [-0.05, 0) is 56.5 Å². The van der Waals surface area contributed by atoms with Crippen molar-refractivity contribution in [2.45, 2.75) is 25.7 Å². The van der Waals surface area contributed by atoms with Crippen LogP contribution in [0.3, 0.4) is 0 Å². The topological polar surface area (TPSA) is 59.0 Å². The minimum absolute atomic E-state index is 0.138. The van der Waals surface area contributed by atoms with Crippen LogP contribution >= 0.6 is 0 Å². The first kappa shape index (κ1) is 15.6. The highest BCUT2D eigenvalue weighted by Crippen LogP contribution is 2.34. The molecular weight excluding hydrogens is 270 g/mol. The minimum atomic E-state index is -0.754. The summed E-state index contributed by atoms with van der Waals surface area (Å²) in [6.07, 6.45) is 1.95. The molecule has 1 heterocycles. The fourth-order valence-corrected chi connectivity index (χ4v) is 2.83. The van der Waals surface area contributed by atoms with Gasteiger partial charge in [0.25, 0.3) is 0 Å². The van der Waals surface area contributed by atoms with Gasteiger partial charge in [0.1, 0.15) is 0 Å². The summed E-state index contributed by atoms with van der Waals surface area (Å²) in [5.41, 5.74) is 1.24. The molecule has 1 aromatic rings. The van der Waals surface area contributed by atoms with Crippen LogP contribution in [0.1, 0.15) is 31.2 Å². The van der Waals surface area contributed by atoms with Crippen molar-refractivity contribution in [3.05, 3.63) is 23.8 Å². The first-order valence-electron chi connectivity index (χ1n) is 7.39. The molecular formula is C16H23NO4. The van der Waals surface area contributed by atoms with Gasteiger partial charge in [-0.25, -0.2) is 0 Å². The quantitative estimate of drug-likeness (QED) is 0.872. The van der Waals surface area contributed by atoms with Crippen LogP contribution in [0.4, 0.5) is 0 Å². The Labute approximate surface area is 125 Å². The predicted octanol–water partition coefficient (Wildman–Crippen LogP) is 2.36. The molecule has 1 aliphatic rings. The number of aliphatic carboxylic acids is 1. The molecule has 5 heteroatoms. The summed E-state index contributed by atoms with van der Waals surface area (Å²) in [6, 6.07) is 6.09. The number of ether oxygens (including phenoxy) is 2. The van der Waals surface area contributed by atoms with Crippen LogP contribution < -0.4 is 9.47 Å². The van der Waals surface area contributed by atoms with Gasteiger partial charge in [-0.15, -0.1) is 0 Å². The number of piperidine rings is 1. The Balaban J connectivity index is 2.01. The van der Waals surface area contributed by atoms with Gasteiger partial charge >= 0.3 is 5.97 Å². The van der Waals surface area contributed by atoms with Crippen LogP contribution in [0.25, 0.3) is 0 Å². The highest BCUT2D eigenvalue weighted by Gasteiger charge is 2.22. The highest BCUT2D eigenvalue weighted by atomic mass is 16.5. The average molecular weight is 293 g/mol. The van der Waals surface area contributed by atoms with Crippen LogP contribution in [0.2, 0.25) is 0 Å². The Kier molecular flexibility index (Phi) is 5.44. The van der Waals surface area contributed by atoms with Crippen molar-refractivity contribution in [3.63, 3.8) is 0 Å². The molecule has 21 heavy (non-hydrogen) atoms. The van der Waals surface area contributed by atoms with Gasteiger partial charge < -0.3 is 14.6 Å². The first-order chi connectivity index (χ1) is 10.1. The van der Waals surface area contributed by atoms with Crippen LogP contribution in [-0.2, 0) is 4.79 Å². The zero-order valence-corrected chi connectivity index (χ0v) is 12.7. The molecule has 1 aromatic carbocycles. The van der Waals surface area contributed by atoms with Crippen molar-refractivity contribution >= 4 is 5.97 Å². The van der Waals surface area contributed by atoms with Gasteiger partial charge in [0.05, 0.1) is 20.3 Å². The molecule has 2 rings (SSSR count). The number of hydrogen-bond acceptors (Lipinski definition) is 4. The third-order valence-corrected chi connectivity index (χ3v) is 3.91. The predicted molar refractivity (Wildman–Crippen MR) is 80.2 cm³/mol. The minimum Gasteiger partial charge on any atom is -0.493 e. The van der Waals surface area contributed by atoms with E-state index in [1.54, 1.807) is 7.11 Å². The van der Waals surface area contributed by atoms with E-state index in [9.17, 15) is 4.79 Å². The molecule has 0 bridgehead atoms. The molecule has 1 aliphatic heterocycles.